The van der Waals surface area contributed by atoms with Gasteiger partial charge < -0.3 is 0 Å². The molecule has 2 aromatic heterocycles. The summed E-state index contributed by atoms with van der Waals surface area (Å²) in [7, 11) is 0. The fraction of sp³-hybridized carbons (Fsp3) is 0. The maximum atomic E-state index is 4.73. The Labute approximate surface area is 333 Å². The summed E-state index contributed by atoms with van der Waals surface area (Å²) >= 11 is 1.88. The van der Waals surface area contributed by atoms with Crippen LogP contribution in [-0.4, -0.2) is 9.97 Å². The molecule has 0 saturated heterocycles. The molecule has 0 amide bonds. The minimum Gasteiger partial charge on any atom is -0.252 e. The SMILES string of the molecule is c1ccc2c(c1)sc1c(-c3ccc(-c4ccc5cc(-c6ccc7cc(-c8ccc9c(c8)c8ccccc8c8nccnc98)ccc7c6)ccc5c4)cc3)cccc12. The average Bonchev–Trinajstić information content (AvgIpc) is 3.67. The normalized spacial score (nSPS) is 11.9. The monoisotopic (exact) mass is 740 g/mol. The highest BCUT2D eigenvalue weighted by atomic mass is 32.1. The summed E-state index contributed by atoms with van der Waals surface area (Å²) in [6.07, 6.45) is 3.56. The van der Waals surface area contributed by atoms with E-state index in [0.717, 1.165) is 21.8 Å². The molecule has 3 heteroatoms. The van der Waals surface area contributed by atoms with E-state index in [1.54, 1.807) is 12.4 Å². The van der Waals surface area contributed by atoms with Crippen molar-refractivity contribution in [2.75, 3.05) is 0 Å². The van der Waals surface area contributed by atoms with Crippen LogP contribution in [0.3, 0.4) is 0 Å². The molecule has 0 unspecified atom stereocenters. The third-order valence-corrected chi connectivity index (χ3v) is 12.9. The molecule has 264 valence electrons. The van der Waals surface area contributed by atoms with E-state index in [2.05, 4.69) is 182 Å². The Morgan fingerprint density at radius 1 is 0.298 bits per heavy atom. The molecular formula is C54H32N2S. The van der Waals surface area contributed by atoms with Crippen LogP contribution in [0.25, 0.3) is 119 Å². The van der Waals surface area contributed by atoms with Gasteiger partial charge in [0.05, 0.1) is 11.0 Å². The summed E-state index contributed by atoms with van der Waals surface area (Å²) in [6.45, 7) is 0. The lowest BCUT2D eigenvalue weighted by atomic mass is 9.93. The summed E-state index contributed by atoms with van der Waals surface area (Å²) in [6, 6.07) is 67.0. The minimum atomic E-state index is 0.945. The van der Waals surface area contributed by atoms with Crippen molar-refractivity contribution in [3.8, 4) is 44.5 Å². The Hall–Kier alpha value is -7.20. The van der Waals surface area contributed by atoms with Gasteiger partial charge in [-0.3, -0.25) is 9.97 Å². The Kier molecular flexibility index (Phi) is 7.13. The molecule has 0 atom stereocenters. The minimum absolute atomic E-state index is 0.945. The maximum absolute atomic E-state index is 4.73. The number of nitrogens with zero attached hydrogens (tertiary/aromatic N) is 2. The second-order valence-electron chi connectivity index (χ2n) is 15.0. The smallest absolute Gasteiger partial charge is 0.0971 e. The van der Waals surface area contributed by atoms with Crippen molar-refractivity contribution in [1.29, 1.82) is 0 Å². The first-order chi connectivity index (χ1) is 28.2. The van der Waals surface area contributed by atoms with Gasteiger partial charge in [-0.25, -0.2) is 0 Å². The van der Waals surface area contributed by atoms with Gasteiger partial charge in [-0.05, 0) is 113 Å². The van der Waals surface area contributed by atoms with Crippen molar-refractivity contribution in [2.45, 2.75) is 0 Å². The van der Waals surface area contributed by atoms with Gasteiger partial charge in [0, 0.05) is 43.3 Å². The van der Waals surface area contributed by atoms with Crippen molar-refractivity contribution in [3.05, 3.63) is 194 Å². The van der Waals surface area contributed by atoms with E-state index in [1.807, 2.05) is 11.3 Å². The zero-order valence-corrected chi connectivity index (χ0v) is 31.6. The molecule has 0 spiro atoms. The van der Waals surface area contributed by atoms with E-state index in [-0.39, 0.29) is 0 Å². The number of thiophene rings is 1. The lowest BCUT2D eigenvalue weighted by molar-refractivity contribution is 1.31. The first kappa shape index (κ1) is 32.1. The van der Waals surface area contributed by atoms with Gasteiger partial charge in [-0.2, -0.15) is 0 Å². The number of aromatic nitrogens is 2. The first-order valence-electron chi connectivity index (χ1n) is 19.4. The van der Waals surface area contributed by atoms with Crippen LogP contribution >= 0.6 is 11.3 Å². The van der Waals surface area contributed by atoms with E-state index >= 15 is 0 Å². The van der Waals surface area contributed by atoms with Crippen molar-refractivity contribution < 1.29 is 0 Å². The van der Waals surface area contributed by atoms with Gasteiger partial charge in [0.15, 0.2) is 0 Å². The summed E-state index contributed by atoms with van der Waals surface area (Å²) in [5.41, 5.74) is 11.7. The predicted octanol–water partition coefficient (Wildman–Crippen LogP) is 15.3. The summed E-state index contributed by atoms with van der Waals surface area (Å²) in [5.74, 6) is 0. The number of rotatable bonds is 4. The molecule has 57 heavy (non-hydrogen) atoms. The topological polar surface area (TPSA) is 25.8 Å². The van der Waals surface area contributed by atoms with Gasteiger partial charge in [-0.15, -0.1) is 11.3 Å². The Morgan fingerprint density at radius 2 is 0.754 bits per heavy atom. The largest absolute Gasteiger partial charge is 0.252 e. The zero-order valence-electron chi connectivity index (χ0n) is 30.8. The molecule has 0 aliphatic carbocycles. The molecule has 2 nitrogen and oxygen atoms in total. The number of fused-ring (bicyclic) bond motifs is 11. The second kappa shape index (κ2) is 12.7. The van der Waals surface area contributed by atoms with Gasteiger partial charge in [0.25, 0.3) is 0 Å². The van der Waals surface area contributed by atoms with E-state index < -0.39 is 0 Å². The average molecular weight is 741 g/mol. The van der Waals surface area contributed by atoms with Crippen molar-refractivity contribution in [3.63, 3.8) is 0 Å². The molecule has 0 N–H and O–H groups in total. The van der Waals surface area contributed by atoms with E-state index in [4.69, 9.17) is 9.97 Å². The van der Waals surface area contributed by atoms with Crippen LogP contribution in [0.15, 0.2) is 194 Å². The highest BCUT2D eigenvalue weighted by molar-refractivity contribution is 7.26. The third-order valence-electron chi connectivity index (χ3n) is 11.7. The standard InChI is InChI=1S/C54H32N2S/c1-2-8-47-45(6-1)50-32-43(24-25-48(50)53-52(47)55-26-27-56-53)42-23-22-40-30-39(20-21-41(40)31-42)38-19-18-36-28-35(16-17-37(36)29-38)33-12-14-34(15-13-33)44-9-5-10-49-46-7-3-4-11-51(46)57-54(44)49/h1-32H. The van der Waals surface area contributed by atoms with Crippen LogP contribution in [-0.2, 0) is 0 Å². The Morgan fingerprint density at radius 3 is 1.39 bits per heavy atom. The van der Waals surface area contributed by atoms with Crippen LogP contribution in [0.2, 0.25) is 0 Å². The Bertz CT molecular complexity index is 3540. The van der Waals surface area contributed by atoms with Gasteiger partial charge >= 0.3 is 0 Å². The molecule has 12 aromatic rings. The molecular weight excluding hydrogens is 709 g/mol. The second-order valence-corrected chi connectivity index (χ2v) is 16.0. The van der Waals surface area contributed by atoms with Crippen molar-refractivity contribution >= 4 is 85.6 Å². The van der Waals surface area contributed by atoms with Crippen molar-refractivity contribution in [2.24, 2.45) is 0 Å². The lowest BCUT2D eigenvalue weighted by Crippen LogP contribution is -1.89. The number of benzene rings is 10. The predicted molar refractivity (Wildman–Crippen MR) is 244 cm³/mol. The van der Waals surface area contributed by atoms with Crippen LogP contribution in [0.4, 0.5) is 0 Å². The number of hydrogen-bond donors (Lipinski definition) is 0. The molecule has 0 bridgehead atoms. The van der Waals surface area contributed by atoms with E-state index in [0.29, 0.717) is 0 Å². The fourth-order valence-corrected chi connectivity index (χ4v) is 10.1. The molecule has 0 aliphatic rings. The Balaban J connectivity index is 0.835. The van der Waals surface area contributed by atoms with Crippen LogP contribution in [0.1, 0.15) is 0 Å². The van der Waals surface area contributed by atoms with E-state index in [9.17, 15) is 0 Å². The molecule has 0 aliphatic heterocycles. The first-order valence-corrected chi connectivity index (χ1v) is 20.2. The molecule has 12 rings (SSSR count). The van der Waals surface area contributed by atoms with Crippen LogP contribution < -0.4 is 0 Å². The molecule has 0 saturated carbocycles. The molecule has 0 radical (unpaired) electrons. The highest BCUT2D eigenvalue weighted by Crippen LogP contribution is 2.41. The lowest BCUT2D eigenvalue weighted by Gasteiger charge is -2.12. The van der Waals surface area contributed by atoms with Crippen molar-refractivity contribution in [1.82, 2.24) is 9.97 Å². The molecule has 10 aromatic carbocycles. The molecule has 0 fully saturated rings. The number of hydrogen-bond acceptors (Lipinski definition) is 3. The molecule has 2 heterocycles. The quantitative estimate of drug-likeness (QED) is 0.168. The maximum Gasteiger partial charge on any atom is 0.0971 e. The summed E-state index contributed by atoms with van der Waals surface area (Å²) < 4.78 is 2.69. The van der Waals surface area contributed by atoms with Crippen LogP contribution in [0, 0.1) is 0 Å². The summed E-state index contributed by atoms with van der Waals surface area (Å²) in [4.78, 5) is 9.42. The summed E-state index contributed by atoms with van der Waals surface area (Å²) in [5, 5.41) is 12.3. The third kappa shape index (κ3) is 5.24. The fourth-order valence-electron chi connectivity index (χ4n) is 8.84. The van der Waals surface area contributed by atoms with Gasteiger partial charge in [-0.1, -0.05) is 146 Å². The van der Waals surface area contributed by atoms with Crippen LogP contribution in [0.5, 0.6) is 0 Å². The highest BCUT2D eigenvalue weighted by Gasteiger charge is 2.13. The zero-order chi connectivity index (χ0) is 37.5. The van der Waals surface area contributed by atoms with E-state index in [1.165, 1.54) is 97.0 Å². The van der Waals surface area contributed by atoms with Gasteiger partial charge in [0.2, 0.25) is 0 Å². The van der Waals surface area contributed by atoms with Gasteiger partial charge in [0.1, 0.15) is 0 Å².